The zero-order chi connectivity index (χ0) is 10.8. The fourth-order valence-electron chi connectivity index (χ4n) is 1.24. The lowest BCUT2D eigenvalue weighted by atomic mass is 10.3. The molecule has 0 heterocycles. The van der Waals surface area contributed by atoms with Gasteiger partial charge in [-0.3, -0.25) is 0 Å². The Bertz CT molecular complexity index is 147. The third-order valence-electron chi connectivity index (χ3n) is 1.89. The number of carbonyl (C=O) groups is 1. The molecule has 0 bridgehead atoms. The highest BCUT2D eigenvalue weighted by molar-refractivity contribution is 7.80. The molecule has 0 aromatic rings. The predicted octanol–water partition coefficient (Wildman–Crippen LogP) is 2.14. The van der Waals surface area contributed by atoms with Crippen molar-refractivity contribution in [3.05, 3.63) is 0 Å². The molecule has 0 aliphatic carbocycles. The summed E-state index contributed by atoms with van der Waals surface area (Å²) in [5.74, 6) is 0.821. The molecule has 3 nitrogen and oxygen atoms in total. The van der Waals surface area contributed by atoms with Crippen LogP contribution in [-0.4, -0.2) is 36.3 Å². The molecule has 0 rings (SSSR count). The van der Waals surface area contributed by atoms with Crippen LogP contribution in [0.3, 0.4) is 0 Å². The first kappa shape index (κ1) is 13.6. The molecule has 0 aromatic heterocycles. The molecule has 0 spiro atoms. The normalized spacial score (nSPS) is 9.93. The second kappa shape index (κ2) is 9.19. The topological polar surface area (TPSA) is 32.3 Å². The van der Waals surface area contributed by atoms with Gasteiger partial charge >= 0.3 is 6.03 Å². The Hall–Kier alpha value is -0.380. The van der Waals surface area contributed by atoms with Gasteiger partial charge in [-0.2, -0.15) is 12.6 Å². The fraction of sp³-hybridized carbons (Fsp3) is 0.900. The minimum Gasteiger partial charge on any atom is -0.338 e. The Morgan fingerprint density at radius 1 is 1.29 bits per heavy atom. The van der Waals surface area contributed by atoms with E-state index in [0.29, 0.717) is 0 Å². The molecular formula is C10H22N2OS. The number of nitrogens with one attached hydrogen (secondary N) is 1. The molecule has 0 unspecified atom stereocenters. The first-order valence-electron chi connectivity index (χ1n) is 5.39. The van der Waals surface area contributed by atoms with Gasteiger partial charge in [-0.05, 0) is 25.0 Å². The van der Waals surface area contributed by atoms with E-state index in [1.165, 1.54) is 0 Å². The number of carbonyl (C=O) groups excluding carboxylic acids is 1. The summed E-state index contributed by atoms with van der Waals surface area (Å²) in [5.41, 5.74) is 0. The summed E-state index contributed by atoms with van der Waals surface area (Å²) in [7, 11) is 0. The average molecular weight is 218 g/mol. The molecule has 0 radical (unpaired) electrons. The van der Waals surface area contributed by atoms with Crippen LogP contribution in [0.4, 0.5) is 4.79 Å². The Morgan fingerprint density at radius 2 is 1.86 bits per heavy atom. The molecule has 0 aliphatic heterocycles. The van der Waals surface area contributed by atoms with Gasteiger partial charge in [0.25, 0.3) is 0 Å². The van der Waals surface area contributed by atoms with Crippen molar-refractivity contribution in [1.29, 1.82) is 0 Å². The SMILES string of the molecule is CCCN(CCC)C(=O)NCCCS. The van der Waals surface area contributed by atoms with Crippen LogP contribution < -0.4 is 5.32 Å². The molecule has 0 aromatic carbocycles. The molecular weight excluding hydrogens is 196 g/mol. The largest absolute Gasteiger partial charge is 0.338 e. The van der Waals surface area contributed by atoms with Crippen LogP contribution in [0.25, 0.3) is 0 Å². The van der Waals surface area contributed by atoms with Crippen LogP contribution in [0.1, 0.15) is 33.1 Å². The van der Waals surface area contributed by atoms with E-state index in [2.05, 4.69) is 31.8 Å². The Kier molecular flexibility index (Phi) is 8.94. The zero-order valence-electron chi connectivity index (χ0n) is 9.25. The van der Waals surface area contributed by atoms with E-state index in [-0.39, 0.29) is 6.03 Å². The van der Waals surface area contributed by atoms with Crippen LogP contribution in [-0.2, 0) is 0 Å². The molecule has 0 aliphatic rings. The zero-order valence-corrected chi connectivity index (χ0v) is 10.1. The number of rotatable bonds is 7. The molecule has 84 valence electrons. The van der Waals surface area contributed by atoms with Gasteiger partial charge in [-0.15, -0.1) is 0 Å². The first-order valence-corrected chi connectivity index (χ1v) is 6.03. The quantitative estimate of drug-likeness (QED) is 0.498. The number of nitrogens with zero attached hydrogens (tertiary/aromatic N) is 1. The molecule has 2 amide bonds. The van der Waals surface area contributed by atoms with Crippen molar-refractivity contribution in [1.82, 2.24) is 10.2 Å². The lowest BCUT2D eigenvalue weighted by Gasteiger charge is -2.21. The van der Waals surface area contributed by atoms with Gasteiger partial charge in [0.15, 0.2) is 0 Å². The third kappa shape index (κ3) is 6.13. The predicted molar refractivity (Wildman–Crippen MR) is 64.0 cm³/mol. The van der Waals surface area contributed by atoms with Crippen LogP contribution in [0.15, 0.2) is 0 Å². The van der Waals surface area contributed by atoms with Gasteiger partial charge in [-0.25, -0.2) is 4.79 Å². The van der Waals surface area contributed by atoms with Crippen LogP contribution in [0.5, 0.6) is 0 Å². The highest BCUT2D eigenvalue weighted by Crippen LogP contribution is 1.95. The van der Waals surface area contributed by atoms with Crippen molar-refractivity contribution >= 4 is 18.7 Å². The van der Waals surface area contributed by atoms with E-state index < -0.39 is 0 Å². The third-order valence-corrected chi connectivity index (χ3v) is 2.20. The van der Waals surface area contributed by atoms with E-state index >= 15 is 0 Å². The summed E-state index contributed by atoms with van der Waals surface area (Å²) in [6.45, 7) is 6.60. The highest BCUT2D eigenvalue weighted by atomic mass is 32.1. The molecule has 1 N–H and O–H groups in total. The smallest absolute Gasteiger partial charge is 0.317 e. The second-order valence-electron chi connectivity index (χ2n) is 3.30. The number of thiol groups is 1. The molecule has 0 saturated heterocycles. The van der Waals surface area contributed by atoms with Crippen molar-refractivity contribution in [2.24, 2.45) is 0 Å². The summed E-state index contributed by atoms with van der Waals surface area (Å²) in [4.78, 5) is 13.5. The Labute approximate surface area is 92.7 Å². The first-order chi connectivity index (χ1) is 6.76. The van der Waals surface area contributed by atoms with Crippen LogP contribution >= 0.6 is 12.6 Å². The van der Waals surface area contributed by atoms with Crippen LogP contribution in [0.2, 0.25) is 0 Å². The van der Waals surface area contributed by atoms with Gasteiger partial charge in [0.2, 0.25) is 0 Å². The van der Waals surface area contributed by atoms with Crippen molar-refractivity contribution in [3.63, 3.8) is 0 Å². The highest BCUT2D eigenvalue weighted by Gasteiger charge is 2.09. The van der Waals surface area contributed by atoms with Crippen molar-refractivity contribution in [2.45, 2.75) is 33.1 Å². The van der Waals surface area contributed by atoms with Crippen molar-refractivity contribution in [2.75, 3.05) is 25.4 Å². The fourth-order valence-corrected chi connectivity index (χ4v) is 1.40. The van der Waals surface area contributed by atoms with E-state index in [4.69, 9.17) is 0 Å². The van der Waals surface area contributed by atoms with E-state index in [0.717, 1.165) is 44.6 Å². The molecule has 0 atom stereocenters. The van der Waals surface area contributed by atoms with Gasteiger partial charge < -0.3 is 10.2 Å². The minimum atomic E-state index is 0.0653. The molecule has 14 heavy (non-hydrogen) atoms. The standard InChI is InChI=1S/C10H22N2OS/c1-3-7-12(8-4-2)10(13)11-6-5-9-14/h14H,3-9H2,1-2H3,(H,11,13). The number of hydrogen-bond acceptors (Lipinski definition) is 2. The molecule has 0 saturated carbocycles. The van der Waals surface area contributed by atoms with Gasteiger partial charge in [0.1, 0.15) is 0 Å². The lowest BCUT2D eigenvalue weighted by molar-refractivity contribution is 0.198. The van der Waals surface area contributed by atoms with Crippen molar-refractivity contribution < 1.29 is 4.79 Å². The van der Waals surface area contributed by atoms with Gasteiger partial charge in [-0.1, -0.05) is 13.8 Å². The molecule has 0 fully saturated rings. The summed E-state index contributed by atoms with van der Waals surface area (Å²) >= 11 is 4.09. The van der Waals surface area contributed by atoms with Crippen molar-refractivity contribution in [3.8, 4) is 0 Å². The second-order valence-corrected chi connectivity index (χ2v) is 3.74. The maximum Gasteiger partial charge on any atom is 0.317 e. The number of urea groups is 1. The van der Waals surface area contributed by atoms with E-state index in [1.54, 1.807) is 0 Å². The Balaban J connectivity index is 3.76. The maximum absolute atomic E-state index is 11.6. The van der Waals surface area contributed by atoms with Gasteiger partial charge in [0.05, 0.1) is 0 Å². The van der Waals surface area contributed by atoms with E-state index in [1.807, 2.05) is 4.90 Å². The van der Waals surface area contributed by atoms with Gasteiger partial charge in [0, 0.05) is 19.6 Å². The maximum atomic E-state index is 11.6. The summed E-state index contributed by atoms with van der Waals surface area (Å²) in [6.07, 6.45) is 2.96. The van der Waals surface area contributed by atoms with E-state index in [9.17, 15) is 4.79 Å². The number of hydrogen-bond donors (Lipinski definition) is 2. The average Bonchev–Trinajstić information content (AvgIpc) is 2.18. The monoisotopic (exact) mass is 218 g/mol. The number of amides is 2. The molecule has 4 heteroatoms. The summed E-state index contributed by atoms with van der Waals surface area (Å²) in [6, 6.07) is 0.0653. The summed E-state index contributed by atoms with van der Waals surface area (Å²) < 4.78 is 0. The van der Waals surface area contributed by atoms with Crippen LogP contribution in [0, 0.1) is 0 Å². The summed E-state index contributed by atoms with van der Waals surface area (Å²) in [5, 5.41) is 2.89. The Morgan fingerprint density at radius 3 is 2.29 bits per heavy atom. The minimum absolute atomic E-state index is 0.0653. The lowest BCUT2D eigenvalue weighted by Crippen LogP contribution is -2.41.